The van der Waals surface area contributed by atoms with Crippen molar-refractivity contribution in [1.29, 1.82) is 0 Å². The van der Waals surface area contributed by atoms with Crippen molar-refractivity contribution in [2.45, 2.75) is 5.38 Å². The summed E-state index contributed by atoms with van der Waals surface area (Å²) in [5.41, 5.74) is 0.386. The molecule has 1 atom stereocenters. The van der Waals surface area contributed by atoms with Crippen LogP contribution in [0, 0.1) is 5.82 Å². The number of rotatable bonds is 4. The largest absolute Gasteiger partial charge is 0.297 e. The molecule has 1 aromatic rings. The van der Waals surface area contributed by atoms with E-state index in [0.29, 0.717) is 5.56 Å². The highest BCUT2D eigenvalue weighted by Crippen LogP contribution is 2.22. The summed E-state index contributed by atoms with van der Waals surface area (Å²) >= 11 is 5.78. The van der Waals surface area contributed by atoms with Gasteiger partial charge in [0.15, 0.2) is 15.6 Å². The van der Waals surface area contributed by atoms with Gasteiger partial charge in [-0.3, -0.25) is 4.79 Å². The number of hydrogen-bond donors (Lipinski definition) is 0. The van der Waals surface area contributed by atoms with Crippen molar-refractivity contribution in [2.75, 3.05) is 12.0 Å². The second kappa shape index (κ2) is 4.93. The third-order valence-corrected chi connectivity index (χ3v) is 3.15. The molecule has 0 radical (unpaired) electrons. The number of ketones is 1. The maximum atomic E-state index is 12.6. The Hall–Kier alpha value is -0.940. The lowest BCUT2D eigenvalue weighted by Crippen LogP contribution is -2.18. The van der Waals surface area contributed by atoms with Crippen molar-refractivity contribution >= 4 is 27.2 Å². The van der Waals surface area contributed by atoms with Gasteiger partial charge in [0.1, 0.15) is 16.9 Å². The summed E-state index contributed by atoms with van der Waals surface area (Å²) < 4.78 is 34.4. The van der Waals surface area contributed by atoms with Gasteiger partial charge < -0.3 is 0 Å². The van der Waals surface area contributed by atoms with E-state index >= 15 is 0 Å². The predicted molar refractivity (Wildman–Crippen MR) is 59.7 cm³/mol. The number of sulfone groups is 1. The Morgan fingerprint density at radius 2 is 1.88 bits per heavy atom. The Morgan fingerprint density at radius 3 is 2.31 bits per heavy atom. The second-order valence-corrected chi connectivity index (χ2v) is 6.03. The van der Waals surface area contributed by atoms with E-state index in [9.17, 15) is 17.6 Å². The van der Waals surface area contributed by atoms with Gasteiger partial charge >= 0.3 is 0 Å². The van der Waals surface area contributed by atoms with Gasteiger partial charge in [-0.1, -0.05) is 12.1 Å². The van der Waals surface area contributed by atoms with E-state index in [1.807, 2.05) is 0 Å². The quantitative estimate of drug-likeness (QED) is 0.778. The Kier molecular flexibility index (Phi) is 4.04. The molecular formula is C10H10ClFO3S. The van der Waals surface area contributed by atoms with E-state index in [0.717, 1.165) is 6.26 Å². The Labute approximate surface area is 98.1 Å². The van der Waals surface area contributed by atoms with Crippen molar-refractivity contribution in [3.05, 3.63) is 35.6 Å². The summed E-state index contributed by atoms with van der Waals surface area (Å²) in [4.78, 5) is 11.4. The first-order chi connectivity index (χ1) is 7.29. The standard InChI is InChI=1S/C10H10ClFO3S/c1-16(14,15)6-9(13)10(11)7-2-4-8(12)5-3-7/h2-5,10H,6H2,1H3. The predicted octanol–water partition coefficient (Wildman–Crippen LogP) is 1.72. The van der Waals surface area contributed by atoms with Crippen LogP contribution in [-0.4, -0.2) is 26.2 Å². The minimum absolute atomic E-state index is 0.386. The van der Waals surface area contributed by atoms with Gasteiger partial charge in [-0.15, -0.1) is 11.6 Å². The van der Waals surface area contributed by atoms with E-state index in [2.05, 4.69) is 0 Å². The van der Waals surface area contributed by atoms with Crippen LogP contribution in [0.1, 0.15) is 10.9 Å². The number of alkyl halides is 1. The first-order valence-electron chi connectivity index (χ1n) is 4.39. The van der Waals surface area contributed by atoms with Crippen LogP contribution < -0.4 is 0 Å². The van der Waals surface area contributed by atoms with Gasteiger partial charge in [0, 0.05) is 6.26 Å². The number of carbonyl (C=O) groups is 1. The van der Waals surface area contributed by atoms with Crippen molar-refractivity contribution in [2.24, 2.45) is 0 Å². The molecular weight excluding hydrogens is 255 g/mol. The number of hydrogen-bond acceptors (Lipinski definition) is 3. The highest BCUT2D eigenvalue weighted by Gasteiger charge is 2.21. The molecule has 3 nitrogen and oxygen atoms in total. The van der Waals surface area contributed by atoms with Gasteiger partial charge in [-0.25, -0.2) is 12.8 Å². The zero-order valence-electron chi connectivity index (χ0n) is 8.48. The fourth-order valence-electron chi connectivity index (χ4n) is 1.15. The molecule has 1 aromatic carbocycles. The highest BCUT2D eigenvalue weighted by atomic mass is 35.5. The average molecular weight is 265 g/mol. The van der Waals surface area contributed by atoms with Crippen LogP contribution in [0.15, 0.2) is 24.3 Å². The first kappa shape index (κ1) is 13.1. The summed E-state index contributed by atoms with van der Waals surface area (Å²) in [6.07, 6.45) is 0.958. The molecule has 0 aliphatic carbocycles. The molecule has 0 heterocycles. The monoisotopic (exact) mass is 264 g/mol. The minimum atomic E-state index is -3.39. The molecule has 0 fully saturated rings. The third-order valence-electron chi connectivity index (χ3n) is 1.85. The zero-order valence-corrected chi connectivity index (χ0v) is 10.1. The molecule has 0 spiro atoms. The van der Waals surface area contributed by atoms with Crippen molar-refractivity contribution in [3.8, 4) is 0 Å². The lowest BCUT2D eigenvalue weighted by molar-refractivity contribution is -0.116. The number of benzene rings is 1. The van der Waals surface area contributed by atoms with Crippen LogP contribution in [-0.2, 0) is 14.6 Å². The van der Waals surface area contributed by atoms with Gasteiger partial charge in [0.25, 0.3) is 0 Å². The maximum absolute atomic E-state index is 12.6. The fraction of sp³-hybridized carbons (Fsp3) is 0.300. The molecule has 0 saturated heterocycles. The first-order valence-corrected chi connectivity index (χ1v) is 6.89. The van der Waals surface area contributed by atoms with Crippen LogP contribution in [0.3, 0.4) is 0 Å². The van der Waals surface area contributed by atoms with Crippen LogP contribution in [0.4, 0.5) is 4.39 Å². The van der Waals surface area contributed by atoms with Gasteiger partial charge in [0.05, 0.1) is 0 Å². The molecule has 0 saturated carbocycles. The fourth-order valence-corrected chi connectivity index (χ4v) is 2.15. The summed E-state index contributed by atoms with van der Waals surface area (Å²) in [5, 5.41) is -1.06. The van der Waals surface area contributed by atoms with Gasteiger partial charge in [0.2, 0.25) is 0 Å². The number of Topliss-reactive ketones (excluding diaryl/α,β-unsaturated/α-hetero) is 1. The second-order valence-electron chi connectivity index (χ2n) is 3.45. The third kappa shape index (κ3) is 3.90. The molecule has 0 bridgehead atoms. The maximum Gasteiger partial charge on any atom is 0.170 e. The number of carbonyl (C=O) groups excluding carboxylic acids is 1. The van der Waals surface area contributed by atoms with Gasteiger partial charge in [-0.2, -0.15) is 0 Å². The van der Waals surface area contributed by atoms with E-state index in [-0.39, 0.29) is 0 Å². The topological polar surface area (TPSA) is 51.2 Å². The van der Waals surface area contributed by atoms with Crippen LogP contribution in [0.25, 0.3) is 0 Å². The summed E-state index contributed by atoms with van der Waals surface area (Å²) in [7, 11) is -3.39. The lowest BCUT2D eigenvalue weighted by atomic mass is 10.1. The molecule has 6 heteroatoms. The molecule has 88 valence electrons. The Morgan fingerprint density at radius 1 is 1.38 bits per heavy atom. The van der Waals surface area contributed by atoms with Gasteiger partial charge in [-0.05, 0) is 17.7 Å². The van der Waals surface area contributed by atoms with E-state index in [1.165, 1.54) is 24.3 Å². The molecule has 1 unspecified atom stereocenters. The van der Waals surface area contributed by atoms with Crippen LogP contribution >= 0.6 is 11.6 Å². The van der Waals surface area contributed by atoms with E-state index in [1.54, 1.807) is 0 Å². The molecule has 0 aliphatic rings. The van der Waals surface area contributed by atoms with Crippen molar-refractivity contribution in [1.82, 2.24) is 0 Å². The Bertz CT molecular complexity index is 481. The van der Waals surface area contributed by atoms with Crippen LogP contribution in [0.2, 0.25) is 0 Å². The summed E-state index contributed by atoms with van der Waals surface area (Å²) in [6.45, 7) is 0. The van der Waals surface area contributed by atoms with E-state index < -0.39 is 32.6 Å². The van der Waals surface area contributed by atoms with Crippen LogP contribution in [0.5, 0.6) is 0 Å². The Balaban J connectivity index is 2.82. The summed E-state index contributed by atoms with van der Waals surface area (Å²) in [6, 6.07) is 5.04. The smallest absolute Gasteiger partial charge is 0.170 e. The van der Waals surface area contributed by atoms with Crippen molar-refractivity contribution in [3.63, 3.8) is 0 Å². The number of halogens is 2. The molecule has 16 heavy (non-hydrogen) atoms. The normalized spacial score (nSPS) is 13.4. The lowest BCUT2D eigenvalue weighted by Gasteiger charge is -2.07. The van der Waals surface area contributed by atoms with E-state index in [4.69, 9.17) is 11.6 Å². The molecule has 0 aromatic heterocycles. The summed E-state index contributed by atoms with van der Waals surface area (Å²) in [5.74, 6) is -1.67. The van der Waals surface area contributed by atoms with Crippen molar-refractivity contribution < 1.29 is 17.6 Å². The minimum Gasteiger partial charge on any atom is -0.297 e. The molecule has 0 N–H and O–H groups in total. The molecule has 1 rings (SSSR count). The highest BCUT2D eigenvalue weighted by molar-refractivity contribution is 7.91. The SMILES string of the molecule is CS(=O)(=O)CC(=O)C(Cl)c1ccc(F)cc1. The molecule has 0 aliphatic heterocycles. The average Bonchev–Trinajstić information content (AvgIpc) is 2.15. The zero-order chi connectivity index (χ0) is 12.3. The molecule has 0 amide bonds.